The molecule has 90 valence electrons. The van der Waals surface area contributed by atoms with Crippen molar-refractivity contribution in [2.24, 2.45) is 5.73 Å². The van der Waals surface area contributed by atoms with Gasteiger partial charge in [-0.05, 0) is 18.6 Å². The van der Waals surface area contributed by atoms with E-state index in [2.05, 4.69) is 16.9 Å². The minimum atomic E-state index is -1.02. The highest BCUT2D eigenvalue weighted by Crippen LogP contribution is 2.09. The molecule has 0 bridgehead atoms. The monoisotopic (exact) mass is 235 g/mol. The third-order valence-electron chi connectivity index (χ3n) is 2.07. The molecule has 1 amide bonds. The van der Waals surface area contributed by atoms with Crippen LogP contribution in [0.15, 0.2) is 31.0 Å². The van der Waals surface area contributed by atoms with Crippen molar-refractivity contribution in [3.8, 4) is 0 Å². The molecule has 0 radical (unpaired) electrons. The number of hydrogen-bond acceptors (Lipinski definition) is 4. The van der Waals surface area contributed by atoms with Gasteiger partial charge in [-0.25, -0.2) is 9.78 Å². The molecular weight excluding hydrogens is 222 g/mol. The van der Waals surface area contributed by atoms with E-state index in [-0.39, 0.29) is 17.8 Å². The number of carboxylic acid groups (broad SMARTS) is 1. The number of anilines is 1. The molecule has 1 atom stereocenters. The first-order valence-electron chi connectivity index (χ1n) is 4.90. The number of hydrogen-bond donors (Lipinski definition) is 3. The summed E-state index contributed by atoms with van der Waals surface area (Å²) in [4.78, 5) is 25.7. The number of carbonyl (C=O) groups is 2. The first-order chi connectivity index (χ1) is 8.04. The third kappa shape index (κ3) is 3.60. The number of pyridine rings is 1. The summed E-state index contributed by atoms with van der Waals surface area (Å²) in [6, 6.07) is 2.03. The van der Waals surface area contributed by atoms with Crippen LogP contribution in [0, 0.1) is 0 Å². The van der Waals surface area contributed by atoms with Crippen molar-refractivity contribution < 1.29 is 14.7 Å². The van der Waals surface area contributed by atoms with Gasteiger partial charge in [-0.1, -0.05) is 6.08 Å². The van der Waals surface area contributed by atoms with E-state index in [9.17, 15) is 9.59 Å². The number of amides is 1. The van der Waals surface area contributed by atoms with Crippen LogP contribution in [-0.4, -0.2) is 28.0 Å². The zero-order chi connectivity index (χ0) is 12.8. The molecule has 0 saturated carbocycles. The van der Waals surface area contributed by atoms with E-state index in [4.69, 9.17) is 10.8 Å². The van der Waals surface area contributed by atoms with E-state index < -0.39 is 17.9 Å². The number of carboxylic acids is 1. The van der Waals surface area contributed by atoms with Crippen molar-refractivity contribution in [1.29, 1.82) is 0 Å². The molecule has 1 aromatic heterocycles. The maximum Gasteiger partial charge on any atom is 0.326 e. The largest absolute Gasteiger partial charge is 0.480 e. The molecule has 0 spiro atoms. The van der Waals surface area contributed by atoms with Gasteiger partial charge in [0.05, 0.1) is 0 Å². The number of carbonyl (C=O) groups excluding carboxylic acids is 1. The van der Waals surface area contributed by atoms with Gasteiger partial charge in [0.25, 0.3) is 0 Å². The number of primary amides is 1. The fourth-order valence-electron chi connectivity index (χ4n) is 1.23. The standard InChI is InChI=1S/C11H13N3O3/c1-2-3-8(11(16)17)14-9-6-7(10(12)15)4-5-13-9/h2,4-6,8H,1,3H2,(H2,12,15)(H,13,14)(H,16,17). The predicted molar refractivity (Wildman–Crippen MR) is 62.6 cm³/mol. The van der Waals surface area contributed by atoms with E-state index in [0.717, 1.165) is 0 Å². The van der Waals surface area contributed by atoms with E-state index in [1.807, 2.05) is 0 Å². The Morgan fingerprint density at radius 1 is 1.65 bits per heavy atom. The van der Waals surface area contributed by atoms with Crippen LogP contribution in [-0.2, 0) is 4.79 Å². The molecule has 0 aliphatic heterocycles. The summed E-state index contributed by atoms with van der Waals surface area (Å²) in [6.45, 7) is 3.47. The number of aliphatic carboxylic acids is 1. The summed E-state index contributed by atoms with van der Waals surface area (Å²) in [5.74, 6) is -1.32. The normalized spacial score (nSPS) is 11.5. The number of nitrogens with two attached hydrogens (primary N) is 1. The Morgan fingerprint density at radius 3 is 2.88 bits per heavy atom. The second kappa shape index (κ2) is 5.64. The van der Waals surface area contributed by atoms with E-state index in [1.165, 1.54) is 24.4 Å². The lowest BCUT2D eigenvalue weighted by Gasteiger charge is -2.13. The maximum absolute atomic E-state index is 10.9. The van der Waals surface area contributed by atoms with Gasteiger partial charge in [-0.15, -0.1) is 6.58 Å². The smallest absolute Gasteiger partial charge is 0.326 e. The third-order valence-corrected chi connectivity index (χ3v) is 2.07. The SMILES string of the molecule is C=CCC(Nc1cc(C(N)=O)ccn1)C(=O)O. The van der Waals surface area contributed by atoms with Gasteiger partial charge in [0.15, 0.2) is 0 Å². The molecule has 6 heteroatoms. The van der Waals surface area contributed by atoms with Crippen molar-refractivity contribution >= 4 is 17.7 Å². The Balaban J connectivity index is 2.85. The van der Waals surface area contributed by atoms with Crippen LogP contribution in [0.5, 0.6) is 0 Å². The fourth-order valence-corrected chi connectivity index (χ4v) is 1.23. The van der Waals surface area contributed by atoms with E-state index in [1.54, 1.807) is 0 Å². The molecule has 0 fully saturated rings. The van der Waals surface area contributed by atoms with Crippen molar-refractivity contribution in [1.82, 2.24) is 4.98 Å². The molecular formula is C11H13N3O3. The van der Waals surface area contributed by atoms with Gasteiger partial charge in [-0.3, -0.25) is 4.79 Å². The van der Waals surface area contributed by atoms with Crippen LogP contribution in [0.25, 0.3) is 0 Å². The summed E-state index contributed by atoms with van der Waals surface area (Å²) < 4.78 is 0. The van der Waals surface area contributed by atoms with Gasteiger partial charge >= 0.3 is 5.97 Å². The molecule has 0 aliphatic carbocycles. The Hall–Kier alpha value is -2.37. The zero-order valence-corrected chi connectivity index (χ0v) is 9.09. The second-order valence-corrected chi connectivity index (χ2v) is 3.35. The van der Waals surface area contributed by atoms with Gasteiger partial charge in [0.1, 0.15) is 11.9 Å². The van der Waals surface area contributed by atoms with Crippen molar-refractivity contribution in [2.45, 2.75) is 12.5 Å². The minimum absolute atomic E-state index is 0.248. The van der Waals surface area contributed by atoms with Crippen LogP contribution < -0.4 is 11.1 Å². The average Bonchev–Trinajstić information content (AvgIpc) is 2.28. The number of nitrogens with one attached hydrogen (secondary N) is 1. The quantitative estimate of drug-likeness (QED) is 0.627. The highest BCUT2D eigenvalue weighted by molar-refractivity contribution is 5.93. The lowest BCUT2D eigenvalue weighted by molar-refractivity contribution is -0.137. The average molecular weight is 235 g/mol. The van der Waals surface area contributed by atoms with Crippen molar-refractivity contribution in [3.05, 3.63) is 36.5 Å². The maximum atomic E-state index is 10.9. The molecule has 1 aromatic rings. The lowest BCUT2D eigenvalue weighted by Crippen LogP contribution is -2.29. The van der Waals surface area contributed by atoms with E-state index >= 15 is 0 Å². The summed E-state index contributed by atoms with van der Waals surface area (Å²) in [5.41, 5.74) is 5.37. The van der Waals surface area contributed by atoms with E-state index in [0.29, 0.717) is 0 Å². The van der Waals surface area contributed by atoms with Crippen LogP contribution in [0.2, 0.25) is 0 Å². The molecule has 1 heterocycles. The van der Waals surface area contributed by atoms with Gasteiger partial charge < -0.3 is 16.2 Å². The molecule has 4 N–H and O–H groups in total. The van der Waals surface area contributed by atoms with Gasteiger partial charge in [0, 0.05) is 11.8 Å². The second-order valence-electron chi connectivity index (χ2n) is 3.35. The Kier molecular flexibility index (Phi) is 4.21. The number of aromatic nitrogens is 1. The van der Waals surface area contributed by atoms with Crippen molar-refractivity contribution in [3.63, 3.8) is 0 Å². The highest BCUT2D eigenvalue weighted by atomic mass is 16.4. The van der Waals surface area contributed by atoms with Crippen LogP contribution in [0.4, 0.5) is 5.82 Å². The molecule has 1 unspecified atom stereocenters. The molecule has 0 saturated heterocycles. The molecule has 1 rings (SSSR count). The van der Waals surface area contributed by atoms with Gasteiger partial charge in [-0.2, -0.15) is 0 Å². The van der Waals surface area contributed by atoms with Crippen LogP contribution in [0.3, 0.4) is 0 Å². The molecule has 6 nitrogen and oxygen atoms in total. The molecule has 0 aliphatic rings. The van der Waals surface area contributed by atoms with Crippen LogP contribution in [0.1, 0.15) is 16.8 Å². The first-order valence-corrected chi connectivity index (χ1v) is 4.90. The number of nitrogens with zero attached hydrogens (tertiary/aromatic N) is 1. The van der Waals surface area contributed by atoms with Gasteiger partial charge in [0.2, 0.25) is 5.91 Å². The Morgan fingerprint density at radius 2 is 2.35 bits per heavy atom. The number of rotatable bonds is 6. The summed E-state index contributed by atoms with van der Waals surface area (Å²) in [7, 11) is 0. The molecule has 17 heavy (non-hydrogen) atoms. The topological polar surface area (TPSA) is 105 Å². The Bertz CT molecular complexity index is 445. The lowest BCUT2D eigenvalue weighted by atomic mass is 10.2. The zero-order valence-electron chi connectivity index (χ0n) is 9.09. The first kappa shape index (κ1) is 12.7. The summed E-state index contributed by atoms with van der Waals surface area (Å²) in [5, 5.41) is 11.6. The predicted octanol–water partition coefficient (Wildman–Crippen LogP) is 0.622. The van der Waals surface area contributed by atoms with Crippen molar-refractivity contribution in [2.75, 3.05) is 5.32 Å². The Labute approximate surface area is 98.2 Å². The summed E-state index contributed by atoms with van der Waals surface area (Å²) >= 11 is 0. The summed E-state index contributed by atoms with van der Waals surface area (Å²) in [6.07, 6.45) is 3.12. The highest BCUT2D eigenvalue weighted by Gasteiger charge is 2.16. The molecule has 0 aromatic carbocycles. The minimum Gasteiger partial charge on any atom is -0.480 e. The van der Waals surface area contributed by atoms with Crippen LogP contribution >= 0.6 is 0 Å². The fraction of sp³-hybridized carbons (Fsp3) is 0.182.